The van der Waals surface area contributed by atoms with E-state index in [1.54, 1.807) is 0 Å². The molecular weight excluding hydrogens is 456 g/mol. The Morgan fingerprint density at radius 3 is 1.82 bits per heavy atom. The van der Waals surface area contributed by atoms with Crippen LogP contribution in [0.5, 0.6) is 0 Å². The average molecular weight is 488 g/mol. The SMILES string of the molecule is C[C@@H]1O[C@@H](OC[C@H]2O[C@@H](O)[C@H](O[C@@H]3O[C@H](CO)[C@@H](O)[C@H](O)[C@H]3O)[C@@H](O)[C@@H]2O)[C@H](O)[C@H](O)[C@H]1O. The first-order valence-electron chi connectivity index (χ1n) is 10.4. The zero-order chi connectivity index (χ0) is 24.6. The lowest BCUT2D eigenvalue weighted by Gasteiger charge is -2.45. The van der Waals surface area contributed by atoms with Crippen LogP contribution in [0.25, 0.3) is 0 Å². The van der Waals surface area contributed by atoms with Crippen molar-refractivity contribution in [3.63, 3.8) is 0 Å². The summed E-state index contributed by atoms with van der Waals surface area (Å²) in [5.41, 5.74) is 0. The lowest BCUT2D eigenvalue weighted by atomic mass is 9.97. The van der Waals surface area contributed by atoms with Crippen molar-refractivity contribution in [1.82, 2.24) is 0 Å². The maximum atomic E-state index is 10.4. The second-order valence-electron chi connectivity index (χ2n) is 8.36. The molecule has 0 aromatic rings. The Bertz CT molecular complexity index is 624. The van der Waals surface area contributed by atoms with Crippen LogP contribution in [0.3, 0.4) is 0 Å². The van der Waals surface area contributed by atoms with Crippen LogP contribution in [-0.2, 0) is 23.7 Å². The average Bonchev–Trinajstić information content (AvgIpc) is 2.79. The van der Waals surface area contributed by atoms with Crippen LogP contribution in [-0.4, -0.2) is 156 Å². The zero-order valence-corrected chi connectivity index (χ0v) is 17.6. The van der Waals surface area contributed by atoms with Gasteiger partial charge in [0.1, 0.15) is 67.1 Å². The Morgan fingerprint density at radius 2 is 1.18 bits per heavy atom. The molecule has 0 spiro atoms. The maximum Gasteiger partial charge on any atom is 0.187 e. The lowest BCUT2D eigenvalue weighted by Crippen LogP contribution is -2.64. The molecule has 0 radical (unpaired) electrons. The second kappa shape index (κ2) is 11.0. The van der Waals surface area contributed by atoms with Gasteiger partial charge in [-0.05, 0) is 6.92 Å². The number of ether oxygens (including phenoxy) is 5. The van der Waals surface area contributed by atoms with E-state index in [4.69, 9.17) is 23.7 Å². The fraction of sp³-hybridized carbons (Fsp3) is 1.00. The van der Waals surface area contributed by atoms with Crippen LogP contribution in [0.2, 0.25) is 0 Å². The highest BCUT2D eigenvalue weighted by Gasteiger charge is 2.51. The van der Waals surface area contributed by atoms with Gasteiger partial charge in [0.2, 0.25) is 0 Å². The number of hydrogen-bond acceptors (Lipinski definition) is 15. The summed E-state index contributed by atoms with van der Waals surface area (Å²) in [6, 6.07) is 0. The van der Waals surface area contributed by atoms with E-state index in [0.717, 1.165) is 0 Å². The van der Waals surface area contributed by atoms with Gasteiger partial charge in [0.05, 0.1) is 19.3 Å². The highest BCUT2D eigenvalue weighted by atomic mass is 16.7. The van der Waals surface area contributed by atoms with Gasteiger partial charge in [-0.3, -0.25) is 0 Å². The van der Waals surface area contributed by atoms with Crippen LogP contribution < -0.4 is 0 Å². The first-order chi connectivity index (χ1) is 15.5. The Balaban J connectivity index is 1.59. The van der Waals surface area contributed by atoms with Crippen molar-refractivity contribution >= 4 is 0 Å². The van der Waals surface area contributed by atoms with Crippen LogP contribution in [0, 0.1) is 0 Å². The van der Waals surface area contributed by atoms with Crippen LogP contribution in [0.4, 0.5) is 0 Å². The van der Waals surface area contributed by atoms with Crippen molar-refractivity contribution in [2.75, 3.05) is 13.2 Å². The standard InChI is InChI=1S/C18H32O15/c1-4-7(20)10(23)13(26)17(30-4)29-3-6-9(22)12(25)15(16(28)31-6)33-18-14(27)11(24)8(21)5(2-19)32-18/h4-28H,2-3H2,1H3/t4-,5+,6+,7-,8+,9+,10+,11-,12-,13+,14+,15+,16+,17+,18-/m0/s1. The fourth-order valence-electron chi connectivity index (χ4n) is 3.88. The molecular formula is C18H32O15. The molecule has 3 saturated heterocycles. The van der Waals surface area contributed by atoms with E-state index in [1.165, 1.54) is 6.92 Å². The van der Waals surface area contributed by atoms with Gasteiger partial charge in [-0.2, -0.15) is 0 Å². The third-order valence-electron chi connectivity index (χ3n) is 6.04. The molecule has 0 aliphatic carbocycles. The highest BCUT2D eigenvalue weighted by Crippen LogP contribution is 2.29. The lowest BCUT2D eigenvalue weighted by molar-refractivity contribution is -0.366. The molecule has 0 amide bonds. The van der Waals surface area contributed by atoms with E-state index in [1.807, 2.05) is 0 Å². The van der Waals surface area contributed by atoms with Crippen LogP contribution in [0.1, 0.15) is 6.92 Å². The molecule has 15 nitrogen and oxygen atoms in total. The topological polar surface area (TPSA) is 248 Å². The Morgan fingerprint density at radius 1 is 0.606 bits per heavy atom. The molecule has 15 atom stereocenters. The molecule has 33 heavy (non-hydrogen) atoms. The molecule has 3 fully saturated rings. The van der Waals surface area contributed by atoms with Gasteiger partial charge >= 0.3 is 0 Å². The summed E-state index contributed by atoms with van der Waals surface area (Å²) in [6.07, 6.45) is -23.4. The zero-order valence-electron chi connectivity index (χ0n) is 17.6. The van der Waals surface area contributed by atoms with E-state index in [-0.39, 0.29) is 0 Å². The quantitative estimate of drug-likeness (QED) is 0.167. The first kappa shape index (κ1) is 27.0. The van der Waals surface area contributed by atoms with Crippen LogP contribution >= 0.6 is 0 Å². The number of aliphatic hydroxyl groups is 10. The largest absolute Gasteiger partial charge is 0.394 e. The molecule has 10 N–H and O–H groups in total. The molecule has 15 heteroatoms. The summed E-state index contributed by atoms with van der Waals surface area (Å²) in [4.78, 5) is 0. The summed E-state index contributed by atoms with van der Waals surface area (Å²) < 4.78 is 26.2. The van der Waals surface area contributed by atoms with Gasteiger partial charge in [0.15, 0.2) is 18.9 Å². The summed E-state index contributed by atoms with van der Waals surface area (Å²) >= 11 is 0. The minimum Gasteiger partial charge on any atom is -0.394 e. The van der Waals surface area contributed by atoms with E-state index < -0.39 is 105 Å². The molecule has 3 rings (SSSR count). The van der Waals surface area contributed by atoms with Gasteiger partial charge in [-0.15, -0.1) is 0 Å². The van der Waals surface area contributed by atoms with Crippen molar-refractivity contribution in [3.8, 4) is 0 Å². The summed E-state index contributed by atoms with van der Waals surface area (Å²) in [7, 11) is 0. The molecule has 0 aromatic carbocycles. The Hall–Kier alpha value is -0.600. The highest BCUT2D eigenvalue weighted by molar-refractivity contribution is 4.94. The summed E-state index contributed by atoms with van der Waals surface area (Å²) in [5, 5.41) is 99.5. The minimum atomic E-state index is -1.88. The molecule has 0 saturated carbocycles. The number of rotatable bonds is 6. The molecule has 0 aromatic heterocycles. The van der Waals surface area contributed by atoms with Crippen LogP contribution in [0.15, 0.2) is 0 Å². The molecule has 3 heterocycles. The summed E-state index contributed by atoms with van der Waals surface area (Å²) in [5.74, 6) is 0. The van der Waals surface area contributed by atoms with E-state index in [9.17, 15) is 51.1 Å². The van der Waals surface area contributed by atoms with Crippen molar-refractivity contribution in [3.05, 3.63) is 0 Å². The maximum absolute atomic E-state index is 10.4. The number of aliphatic hydroxyl groups excluding tert-OH is 10. The van der Waals surface area contributed by atoms with Crippen molar-refractivity contribution in [1.29, 1.82) is 0 Å². The van der Waals surface area contributed by atoms with E-state index in [2.05, 4.69) is 0 Å². The second-order valence-corrected chi connectivity index (χ2v) is 8.36. The van der Waals surface area contributed by atoms with Crippen molar-refractivity contribution in [2.45, 2.75) is 99.0 Å². The van der Waals surface area contributed by atoms with Gasteiger partial charge in [0.25, 0.3) is 0 Å². The first-order valence-corrected chi connectivity index (χ1v) is 10.4. The molecule has 194 valence electrons. The van der Waals surface area contributed by atoms with Gasteiger partial charge in [0, 0.05) is 0 Å². The number of hydrogen-bond donors (Lipinski definition) is 10. The van der Waals surface area contributed by atoms with E-state index in [0.29, 0.717) is 0 Å². The Kier molecular flexibility index (Phi) is 8.99. The molecule has 3 aliphatic rings. The normalized spacial score (nSPS) is 53.7. The third kappa shape index (κ3) is 5.48. The van der Waals surface area contributed by atoms with Crippen molar-refractivity contribution in [2.24, 2.45) is 0 Å². The van der Waals surface area contributed by atoms with Gasteiger partial charge < -0.3 is 74.7 Å². The predicted molar refractivity (Wildman–Crippen MR) is 99.8 cm³/mol. The Labute approximate surface area is 187 Å². The molecule has 0 unspecified atom stereocenters. The van der Waals surface area contributed by atoms with Crippen molar-refractivity contribution < 1.29 is 74.7 Å². The van der Waals surface area contributed by atoms with Gasteiger partial charge in [-0.25, -0.2) is 0 Å². The predicted octanol–water partition coefficient (Wildman–Crippen LogP) is -6.55. The van der Waals surface area contributed by atoms with E-state index >= 15 is 0 Å². The molecule has 3 aliphatic heterocycles. The molecule has 0 bridgehead atoms. The minimum absolute atomic E-state index is 0.515. The van der Waals surface area contributed by atoms with Gasteiger partial charge in [-0.1, -0.05) is 0 Å². The monoisotopic (exact) mass is 488 g/mol. The third-order valence-corrected chi connectivity index (χ3v) is 6.04. The summed E-state index contributed by atoms with van der Waals surface area (Å²) in [6.45, 7) is 0.203. The fourth-order valence-corrected chi connectivity index (χ4v) is 3.88. The smallest absolute Gasteiger partial charge is 0.187 e.